The third kappa shape index (κ3) is 3.94. The Kier molecular flexibility index (Phi) is 4.88. The molecule has 2 aliphatic heterocycles. The van der Waals surface area contributed by atoms with Crippen LogP contribution in [0.3, 0.4) is 0 Å². The molecule has 5 nitrogen and oxygen atoms in total. The molecule has 2 aliphatic rings. The van der Waals surface area contributed by atoms with Gasteiger partial charge in [-0.3, -0.25) is 4.90 Å². The summed E-state index contributed by atoms with van der Waals surface area (Å²) in [6.07, 6.45) is 3.02. The largest absolute Gasteiger partial charge is 0.338 e. The summed E-state index contributed by atoms with van der Waals surface area (Å²) >= 11 is 5.97. The first-order valence-corrected chi connectivity index (χ1v) is 9.30. The fraction of sp³-hybridized carbons (Fsp3) is 0.474. The molecule has 0 N–H and O–H groups in total. The summed E-state index contributed by atoms with van der Waals surface area (Å²) in [6.45, 7) is 7.08. The second kappa shape index (κ2) is 7.28. The molecule has 0 unspecified atom stereocenters. The summed E-state index contributed by atoms with van der Waals surface area (Å²) in [5, 5.41) is 0.789. The molecule has 4 rings (SSSR count). The van der Waals surface area contributed by atoms with Crippen LogP contribution >= 0.6 is 11.6 Å². The average molecular weight is 358 g/mol. The Morgan fingerprint density at radius 3 is 2.56 bits per heavy atom. The molecule has 1 fully saturated rings. The number of piperazine rings is 1. The second-order valence-corrected chi connectivity index (χ2v) is 7.46. The van der Waals surface area contributed by atoms with Gasteiger partial charge in [-0.2, -0.15) is 0 Å². The van der Waals surface area contributed by atoms with Crippen LogP contribution < -0.4 is 4.90 Å². The Morgan fingerprint density at radius 2 is 1.80 bits per heavy atom. The van der Waals surface area contributed by atoms with E-state index in [4.69, 9.17) is 16.6 Å². The van der Waals surface area contributed by atoms with Gasteiger partial charge in [-0.25, -0.2) is 9.97 Å². The maximum atomic E-state index is 5.97. The lowest BCUT2D eigenvalue weighted by molar-refractivity contribution is 0.242. The van der Waals surface area contributed by atoms with E-state index >= 15 is 0 Å². The zero-order chi connectivity index (χ0) is 17.2. The summed E-state index contributed by atoms with van der Waals surface area (Å²) < 4.78 is 0. The Balaban J connectivity index is 1.42. The van der Waals surface area contributed by atoms with Crippen molar-refractivity contribution in [2.45, 2.75) is 19.5 Å². The number of hydrogen-bond acceptors (Lipinski definition) is 5. The minimum Gasteiger partial charge on any atom is -0.338 e. The maximum absolute atomic E-state index is 5.97. The monoisotopic (exact) mass is 357 g/mol. The van der Waals surface area contributed by atoms with Gasteiger partial charge in [-0.05, 0) is 24.7 Å². The summed E-state index contributed by atoms with van der Waals surface area (Å²) in [4.78, 5) is 16.6. The molecule has 1 saturated heterocycles. The van der Waals surface area contributed by atoms with Crippen molar-refractivity contribution in [1.82, 2.24) is 19.8 Å². The fourth-order valence-corrected chi connectivity index (χ4v) is 3.63. The van der Waals surface area contributed by atoms with E-state index in [-0.39, 0.29) is 0 Å². The standard InChI is InChI=1S/C19H24ClN5/c1-23-8-10-25(11-9-23)19-21-12-16-14-24(7-6-18(16)22-19)13-15-2-4-17(20)5-3-15/h2-5,12H,6-11,13-14H2,1H3. The van der Waals surface area contributed by atoms with Gasteiger partial charge in [-0.1, -0.05) is 23.7 Å². The third-order valence-corrected chi connectivity index (χ3v) is 5.36. The van der Waals surface area contributed by atoms with Gasteiger partial charge in [0.1, 0.15) is 0 Å². The van der Waals surface area contributed by atoms with Gasteiger partial charge in [-0.15, -0.1) is 0 Å². The van der Waals surface area contributed by atoms with Gasteiger partial charge in [0, 0.05) is 69.0 Å². The fourth-order valence-electron chi connectivity index (χ4n) is 3.51. The molecule has 1 aromatic heterocycles. The lowest BCUT2D eigenvalue weighted by Gasteiger charge is -2.33. The highest BCUT2D eigenvalue weighted by molar-refractivity contribution is 6.30. The molecule has 25 heavy (non-hydrogen) atoms. The zero-order valence-corrected chi connectivity index (χ0v) is 15.4. The van der Waals surface area contributed by atoms with Gasteiger partial charge in [0.05, 0.1) is 5.69 Å². The van der Waals surface area contributed by atoms with E-state index in [1.54, 1.807) is 0 Å². The number of halogens is 1. The molecular formula is C19H24ClN5. The molecular weight excluding hydrogens is 334 g/mol. The van der Waals surface area contributed by atoms with E-state index in [1.165, 1.54) is 16.8 Å². The first-order chi connectivity index (χ1) is 12.2. The minimum atomic E-state index is 0.789. The zero-order valence-electron chi connectivity index (χ0n) is 14.7. The van der Waals surface area contributed by atoms with Crippen LogP contribution in [0.2, 0.25) is 5.02 Å². The molecule has 0 saturated carbocycles. The van der Waals surface area contributed by atoms with Crippen LogP contribution in [0, 0.1) is 0 Å². The molecule has 0 spiro atoms. The highest BCUT2D eigenvalue weighted by atomic mass is 35.5. The van der Waals surface area contributed by atoms with E-state index in [0.717, 1.165) is 63.2 Å². The summed E-state index contributed by atoms with van der Waals surface area (Å²) in [7, 11) is 2.17. The Bertz CT molecular complexity index is 725. The molecule has 0 bridgehead atoms. The summed E-state index contributed by atoms with van der Waals surface area (Å²) in [5.74, 6) is 0.901. The van der Waals surface area contributed by atoms with Gasteiger partial charge >= 0.3 is 0 Å². The molecule has 2 aromatic rings. The molecule has 0 radical (unpaired) electrons. The van der Waals surface area contributed by atoms with Crippen LogP contribution in [0.1, 0.15) is 16.8 Å². The van der Waals surface area contributed by atoms with Crippen molar-refractivity contribution in [2.24, 2.45) is 0 Å². The number of nitrogens with zero attached hydrogens (tertiary/aromatic N) is 5. The van der Waals surface area contributed by atoms with Crippen LogP contribution in [0.5, 0.6) is 0 Å². The molecule has 1 aromatic carbocycles. The maximum Gasteiger partial charge on any atom is 0.225 e. The van der Waals surface area contributed by atoms with E-state index in [0.29, 0.717) is 0 Å². The molecule has 3 heterocycles. The second-order valence-electron chi connectivity index (χ2n) is 7.02. The predicted octanol–water partition coefficient (Wildman–Crippen LogP) is 2.44. The number of rotatable bonds is 3. The highest BCUT2D eigenvalue weighted by Gasteiger charge is 2.21. The van der Waals surface area contributed by atoms with Gasteiger partial charge in [0.25, 0.3) is 0 Å². The number of anilines is 1. The van der Waals surface area contributed by atoms with Crippen molar-refractivity contribution in [3.63, 3.8) is 0 Å². The van der Waals surface area contributed by atoms with E-state index in [2.05, 4.69) is 38.9 Å². The molecule has 0 amide bonds. The molecule has 132 valence electrons. The number of hydrogen-bond donors (Lipinski definition) is 0. The lowest BCUT2D eigenvalue weighted by Crippen LogP contribution is -2.45. The van der Waals surface area contributed by atoms with E-state index in [1.807, 2.05) is 18.3 Å². The number of likely N-dealkylation sites (N-methyl/N-ethyl adjacent to an activating group) is 1. The van der Waals surface area contributed by atoms with Crippen LogP contribution in [0.15, 0.2) is 30.5 Å². The Hall–Kier alpha value is -1.69. The third-order valence-electron chi connectivity index (χ3n) is 5.11. The number of aromatic nitrogens is 2. The van der Waals surface area contributed by atoms with E-state index in [9.17, 15) is 0 Å². The van der Waals surface area contributed by atoms with Crippen molar-refractivity contribution in [1.29, 1.82) is 0 Å². The number of fused-ring (bicyclic) bond motifs is 1. The molecule has 6 heteroatoms. The minimum absolute atomic E-state index is 0.789. The van der Waals surface area contributed by atoms with Crippen LogP contribution in [0.25, 0.3) is 0 Å². The van der Waals surface area contributed by atoms with Crippen molar-refractivity contribution < 1.29 is 0 Å². The highest BCUT2D eigenvalue weighted by Crippen LogP contribution is 2.21. The Labute approximate surface area is 154 Å². The molecule has 0 aliphatic carbocycles. The first-order valence-electron chi connectivity index (χ1n) is 8.92. The summed E-state index contributed by atoms with van der Waals surface area (Å²) in [5.41, 5.74) is 3.78. The van der Waals surface area contributed by atoms with Crippen LogP contribution in [0.4, 0.5) is 5.95 Å². The van der Waals surface area contributed by atoms with Crippen molar-refractivity contribution >= 4 is 17.5 Å². The predicted molar refractivity (Wildman–Crippen MR) is 101 cm³/mol. The molecule has 0 atom stereocenters. The van der Waals surface area contributed by atoms with Crippen molar-refractivity contribution in [2.75, 3.05) is 44.7 Å². The average Bonchev–Trinajstić information content (AvgIpc) is 2.64. The van der Waals surface area contributed by atoms with Crippen molar-refractivity contribution in [3.8, 4) is 0 Å². The smallest absolute Gasteiger partial charge is 0.225 e. The quantitative estimate of drug-likeness (QED) is 0.843. The normalized spacial score (nSPS) is 19.0. The van der Waals surface area contributed by atoms with Gasteiger partial charge < -0.3 is 9.80 Å². The van der Waals surface area contributed by atoms with Crippen LogP contribution in [-0.4, -0.2) is 59.5 Å². The number of benzene rings is 1. The van der Waals surface area contributed by atoms with Crippen LogP contribution in [-0.2, 0) is 19.5 Å². The SMILES string of the molecule is CN1CCN(c2ncc3c(n2)CCN(Cc2ccc(Cl)cc2)C3)CC1. The van der Waals surface area contributed by atoms with Gasteiger partial charge in [0.2, 0.25) is 5.95 Å². The van der Waals surface area contributed by atoms with Crippen molar-refractivity contribution in [3.05, 3.63) is 52.3 Å². The Morgan fingerprint density at radius 1 is 1.04 bits per heavy atom. The summed E-state index contributed by atoms with van der Waals surface area (Å²) in [6, 6.07) is 8.12. The topological polar surface area (TPSA) is 35.5 Å². The first kappa shape index (κ1) is 16.8. The lowest BCUT2D eigenvalue weighted by atomic mass is 10.1. The van der Waals surface area contributed by atoms with Gasteiger partial charge in [0.15, 0.2) is 0 Å². The van der Waals surface area contributed by atoms with E-state index < -0.39 is 0 Å².